The quantitative estimate of drug-likeness (QED) is 0.747. The van der Waals surface area contributed by atoms with Crippen LogP contribution >= 0.6 is 0 Å². The van der Waals surface area contributed by atoms with Crippen molar-refractivity contribution in [3.8, 4) is 0 Å². The molecule has 20 heavy (non-hydrogen) atoms. The van der Waals surface area contributed by atoms with Crippen LogP contribution < -0.4 is 20.0 Å². The van der Waals surface area contributed by atoms with Crippen LogP contribution in [0, 0.1) is 0 Å². The molecule has 0 saturated heterocycles. The first-order valence-corrected chi connectivity index (χ1v) is 7.41. The van der Waals surface area contributed by atoms with E-state index < -0.39 is 13.4 Å². The second-order valence-electron chi connectivity index (χ2n) is 3.74. The summed E-state index contributed by atoms with van der Waals surface area (Å²) in [5.41, 5.74) is 0. The van der Waals surface area contributed by atoms with Gasteiger partial charge in [0.25, 0.3) is 0 Å². The Kier molecular flexibility index (Phi) is 4.99. The molecule has 0 atom stereocenters. The normalized spacial score (nSPS) is 10.5. The van der Waals surface area contributed by atoms with Gasteiger partial charge in [0.2, 0.25) is 0 Å². The molecule has 0 saturated carbocycles. The molecule has 0 radical (unpaired) electrons. The van der Waals surface area contributed by atoms with E-state index in [0.29, 0.717) is 0 Å². The molecular formula is C16H16N3Ni. The average molecular weight is 309 g/mol. The first-order valence-electron chi connectivity index (χ1n) is 5.93. The Morgan fingerprint density at radius 1 is 0.600 bits per heavy atom. The van der Waals surface area contributed by atoms with Crippen molar-refractivity contribution < 1.29 is 13.4 Å². The van der Waals surface area contributed by atoms with E-state index in [1.165, 1.54) is 4.53 Å². The zero-order valence-electron chi connectivity index (χ0n) is 10.9. The van der Waals surface area contributed by atoms with Crippen molar-refractivity contribution in [3.63, 3.8) is 0 Å². The minimum absolute atomic E-state index is 0. The van der Waals surface area contributed by atoms with Crippen molar-refractivity contribution in [1.29, 1.82) is 0 Å². The van der Waals surface area contributed by atoms with E-state index in [4.69, 9.17) is 0 Å². The summed E-state index contributed by atoms with van der Waals surface area (Å²) in [6, 6.07) is 22.5. The average Bonchev–Trinajstić information content (AvgIpc) is 2.51. The molecule has 2 heterocycles. The summed E-state index contributed by atoms with van der Waals surface area (Å²) < 4.78 is 3.37. The predicted molar refractivity (Wildman–Crippen MR) is 78.8 cm³/mol. The Bertz CT molecular complexity index is 536. The van der Waals surface area contributed by atoms with Gasteiger partial charge in [-0.05, 0) is 0 Å². The Labute approximate surface area is 123 Å². The SMILES string of the molecule is N.c1cc[c]([Ni]([c]2ccccn2)[c]2ccccn2)cc1. The number of pyridine rings is 2. The van der Waals surface area contributed by atoms with Gasteiger partial charge in [0, 0.05) is 0 Å². The molecule has 4 heteroatoms. The molecule has 0 aliphatic carbocycles. The number of nitrogens with zero attached hydrogens (tertiary/aromatic N) is 2. The standard InChI is InChI=1S/C6H5.2C5H4N.H3N.Ni/c3*1-2-4-6-5-3-1;;/h1-5H;2*1-4H;1H3;. The Morgan fingerprint density at radius 2 is 1.10 bits per heavy atom. The third kappa shape index (κ3) is 3.10. The van der Waals surface area contributed by atoms with Gasteiger partial charge in [-0.15, -0.1) is 0 Å². The zero-order valence-corrected chi connectivity index (χ0v) is 11.9. The van der Waals surface area contributed by atoms with Crippen LogP contribution in [-0.4, -0.2) is 9.97 Å². The van der Waals surface area contributed by atoms with Crippen molar-refractivity contribution >= 4 is 13.9 Å². The summed E-state index contributed by atoms with van der Waals surface area (Å²) >= 11 is -0.399. The third-order valence-electron chi connectivity index (χ3n) is 2.44. The maximum atomic E-state index is 4.51. The van der Waals surface area contributed by atoms with Gasteiger partial charge >= 0.3 is 116 Å². The molecule has 0 fully saturated rings. The summed E-state index contributed by atoms with van der Waals surface area (Å²) in [5.74, 6) is 0. The monoisotopic (exact) mass is 308 g/mol. The molecule has 3 nitrogen and oxygen atoms in total. The number of benzene rings is 1. The molecule has 0 aliphatic heterocycles. The fraction of sp³-hybridized carbons (Fsp3) is 0. The predicted octanol–water partition coefficient (Wildman–Crippen LogP) is 1.53. The van der Waals surface area contributed by atoms with Crippen LogP contribution in [0.3, 0.4) is 0 Å². The maximum absolute atomic E-state index is 4.51. The van der Waals surface area contributed by atoms with E-state index in [2.05, 4.69) is 46.4 Å². The molecule has 0 aliphatic rings. The Hall–Kier alpha value is -2.03. The second kappa shape index (κ2) is 6.94. The first kappa shape index (κ1) is 14.4. The van der Waals surface area contributed by atoms with Crippen molar-refractivity contribution in [2.45, 2.75) is 0 Å². The molecule has 3 rings (SSSR count). The third-order valence-corrected chi connectivity index (χ3v) is 4.94. The summed E-state index contributed by atoms with van der Waals surface area (Å²) in [6.07, 6.45) is 3.68. The summed E-state index contributed by atoms with van der Waals surface area (Å²) in [6.45, 7) is 0. The van der Waals surface area contributed by atoms with Crippen molar-refractivity contribution in [1.82, 2.24) is 16.1 Å². The van der Waals surface area contributed by atoms with Gasteiger partial charge in [0.05, 0.1) is 0 Å². The van der Waals surface area contributed by atoms with Crippen LogP contribution in [0.25, 0.3) is 0 Å². The first-order chi connectivity index (χ1) is 9.45. The van der Waals surface area contributed by atoms with E-state index >= 15 is 0 Å². The molecular weight excluding hydrogens is 293 g/mol. The van der Waals surface area contributed by atoms with E-state index in [9.17, 15) is 0 Å². The number of aromatic nitrogens is 2. The Morgan fingerprint density at radius 3 is 1.55 bits per heavy atom. The molecule has 0 spiro atoms. The molecule has 0 unspecified atom stereocenters. The number of rotatable bonds is 3. The molecule has 105 valence electrons. The van der Waals surface area contributed by atoms with Gasteiger partial charge in [-0.2, -0.15) is 0 Å². The minimum atomic E-state index is -0.399. The summed E-state index contributed by atoms with van der Waals surface area (Å²) in [5, 5.41) is 0. The fourth-order valence-corrected chi connectivity index (χ4v) is 3.91. The van der Waals surface area contributed by atoms with Gasteiger partial charge in [0.15, 0.2) is 0 Å². The Balaban J connectivity index is 0.00000147. The molecule has 3 aromatic rings. The van der Waals surface area contributed by atoms with E-state index in [-0.39, 0.29) is 6.15 Å². The van der Waals surface area contributed by atoms with Gasteiger partial charge in [-0.1, -0.05) is 0 Å². The molecule has 3 N–H and O–H groups in total. The van der Waals surface area contributed by atoms with Crippen LogP contribution in [-0.2, 0) is 13.4 Å². The fourth-order valence-electron chi connectivity index (χ4n) is 1.63. The zero-order chi connectivity index (χ0) is 12.9. The number of hydrogen-bond donors (Lipinski definition) is 1. The van der Waals surface area contributed by atoms with Crippen LogP contribution in [0.1, 0.15) is 0 Å². The van der Waals surface area contributed by atoms with Gasteiger partial charge in [-0.25, -0.2) is 0 Å². The van der Waals surface area contributed by atoms with E-state index in [1.807, 2.05) is 42.7 Å². The van der Waals surface area contributed by atoms with E-state index in [1.54, 1.807) is 0 Å². The molecule has 2 aromatic heterocycles. The number of hydrogen-bond acceptors (Lipinski definition) is 3. The van der Waals surface area contributed by atoms with Crippen molar-refractivity contribution in [3.05, 3.63) is 79.1 Å². The molecule has 0 amide bonds. The molecule has 0 bridgehead atoms. The van der Waals surface area contributed by atoms with Crippen LogP contribution in [0.2, 0.25) is 0 Å². The summed E-state index contributed by atoms with van der Waals surface area (Å²) in [7, 11) is 0. The van der Waals surface area contributed by atoms with Crippen LogP contribution in [0.5, 0.6) is 0 Å². The van der Waals surface area contributed by atoms with Crippen molar-refractivity contribution in [2.24, 2.45) is 0 Å². The second-order valence-corrected chi connectivity index (χ2v) is 6.06. The summed E-state index contributed by atoms with van der Waals surface area (Å²) in [4.78, 5) is 9.02. The van der Waals surface area contributed by atoms with Gasteiger partial charge in [-0.3, -0.25) is 0 Å². The van der Waals surface area contributed by atoms with Gasteiger partial charge in [0.1, 0.15) is 0 Å². The van der Waals surface area contributed by atoms with Crippen molar-refractivity contribution in [2.75, 3.05) is 0 Å². The van der Waals surface area contributed by atoms with E-state index in [0.717, 1.165) is 9.33 Å². The van der Waals surface area contributed by atoms with Crippen LogP contribution in [0.4, 0.5) is 0 Å². The van der Waals surface area contributed by atoms with Gasteiger partial charge < -0.3 is 6.15 Å². The van der Waals surface area contributed by atoms with Crippen LogP contribution in [0.15, 0.2) is 79.1 Å². The topological polar surface area (TPSA) is 60.8 Å². The molecule has 1 aromatic carbocycles.